The minimum absolute atomic E-state index is 0.0458. The Morgan fingerprint density at radius 2 is 1.55 bits per heavy atom. The third-order valence-electron chi connectivity index (χ3n) is 1.22. The van der Waals surface area contributed by atoms with Crippen LogP contribution in [0.2, 0.25) is 14.8 Å². The Balaban J connectivity index is 4.49. The van der Waals surface area contributed by atoms with Gasteiger partial charge >= 0.3 is 74.4 Å². The van der Waals surface area contributed by atoms with Gasteiger partial charge < -0.3 is 0 Å². The first kappa shape index (κ1) is 11.3. The number of rotatable bonds is 1. The monoisotopic (exact) mass is 264 g/mol. The van der Waals surface area contributed by atoms with Gasteiger partial charge in [-0.05, 0) is 0 Å². The van der Waals surface area contributed by atoms with E-state index >= 15 is 0 Å². The van der Waals surface area contributed by atoms with E-state index in [2.05, 4.69) is 38.8 Å². The molecular formula is C8H20N2Sn. The Kier molecular flexibility index (Phi) is 3.41. The van der Waals surface area contributed by atoms with Gasteiger partial charge in [0.25, 0.3) is 0 Å². The van der Waals surface area contributed by atoms with Crippen LogP contribution in [0.15, 0.2) is 3.21 Å². The second-order valence-electron chi connectivity index (χ2n) is 4.92. The second kappa shape index (κ2) is 3.33. The van der Waals surface area contributed by atoms with Crippen LogP contribution in [-0.4, -0.2) is 24.5 Å². The average Bonchev–Trinajstić information content (AvgIpc) is 1.56. The van der Waals surface area contributed by atoms with Crippen molar-refractivity contribution < 1.29 is 0 Å². The van der Waals surface area contributed by atoms with Gasteiger partial charge in [0.05, 0.1) is 0 Å². The molecule has 0 spiro atoms. The Hall–Kier alpha value is 0.269. The third-order valence-corrected chi connectivity index (χ3v) is 3.83. The van der Waals surface area contributed by atoms with Crippen LogP contribution in [-0.2, 0) is 0 Å². The first-order valence-electron chi connectivity index (χ1n) is 3.99. The van der Waals surface area contributed by atoms with Gasteiger partial charge in [-0.1, -0.05) is 0 Å². The fraction of sp³-hybridized carbons (Fsp3) is 0.875. The summed E-state index contributed by atoms with van der Waals surface area (Å²) in [6.45, 7) is 6.30. The molecule has 0 amide bonds. The van der Waals surface area contributed by atoms with Crippen molar-refractivity contribution in [2.75, 3.05) is 0 Å². The van der Waals surface area contributed by atoms with E-state index in [0.29, 0.717) is 0 Å². The van der Waals surface area contributed by atoms with Gasteiger partial charge in [-0.3, -0.25) is 0 Å². The number of amidine groups is 1. The van der Waals surface area contributed by atoms with E-state index < -0.39 is 18.7 Å². The summed E-state index contributed by atoms with van der Waals surface area (Å²) in [6.07, 6.45) is 0. The fourth-order valence-corrected chi connectivity index (χ4v) is 3.55. The normalized spacial score (nSPS) is 15.3. The molecule has 0 rings (SSSR count). The molecule has 0 aliphatic carbocycles. The maximum absolute atomic E-state index is 5.84. The SMILES string of the molecule is CC(C)(C)C(N)=[N][Sn]([CH3])([CH3])[CH3]. The van der Waals surface area contributed by atoms with E-state index in [4.69, 9.17) is 5.73 Å². The van der Waals surface area contributed by atoms with Gasteiger partial charge in [-0.15, -0.1) is 0 Å². The molecular weight excluding hydrogens is 243 g/mol. The van der Waals surface area contributed by atoms with Gasteiger partial charge in [0.2, 0.25) is 0 Å². The molecule has 11 heavy (non-hydrogen) atoms. The van der Waals surface area contributed by atoms with Crippen molar-refractivity contribution in [3.63, 3.8) is 0 Å². The molecule has 66 valence electrons. The van der Waals surface area contributed by atoms with Crippen molar-refractivity contribution in [1.82, 2.24) is 0 Å². The molecule has 0 aliphatic rings. The first-order chi connectivity index (χ1) is 4.63. The molecule has 0 unspecified atom stereocenters. The number of nitrogens with zero attached hydrogens (tertiary/aromatic N) is 1. The van der Waals surface area contributed by atoms with Gasteiger partial charge in [-0.25, -0.2) is 0 Å². The molecule has 0 aromatic carbocycles. The van der Waals surface area contributed by atoms with Gasteiger partial charge in [0.1, 0.15) is 0 Å². The van der Waals surface area contributed by atoms with Crippen LogP contribution in [0.1, 0.15) is 20.8 Å². The molecule has 0 radical (unpaired) electrons. The van der Waals surface area contributed by atoms with Crippen LogP contribution < -0.4 is 5.73 Å². The van der Waals surface area contributed by atoms with Crippen LogP contribution in [0, 0.1) is 5.41 Å². The van der Waals surface area contributed by atoms with Gasteiger partial charge in [0.15, 0.2) is 0 Å². The molecule has 2 N–H and O–H groups in total. The number of hydrogen-bond acceptors (Lipinski definition) is 1. The van der Waals surface area contributed by atoms with E-state index in [1.54, 1.807) is 0 Å². The summed E-state index contributed by atoms with van der Waals surface area (Å²) in [6, 6.07) is 0. The van der Waals surface area contributed by atoms with Crippen LogP contribution >= 0.6 is 0 Å². The van der Waals surface area contributed by atoms with Crippen LogP contribution in [0.3, 0.4) is 0 Å². The molecule has 0 saturated heterocycles. The van der Waals surface area contributed by atoms with E-state index in [-0.39, 0.29) is 5.41 Å². The predicted molar refractivity (Wildman–Crippen MR) is 54.4 cm³/mol. The van der Waals surface area contributed by atoms with Crippen molar-refractivity contribution in [1.29, 1.82) is 0 Å². The van der Waals surface area contributed by atoms with E-state index in [1.165, 1.54) is 0 Å². The molecule has 0 fully saturated rings. The maximum atomic E-state index is 5.84. The van der Waals surface area contributed by atoms with Gasteiger partial charge in [0, 0.05) is 0 Å². The summed E-state index contributed by atoms with van der Waals surface area (Å²) in [4.78, 5) is 6.77. The van der Waals surface area contributed by atoms with Crippen LogP contribution in [0.4, 0.5) is 0 Å². The van der Waals surface area contributed by atoms with Crippen molar-refractivity contribution in [3.05, 3.63) is 0 Å². The molecule has 3 heteroatoms. The second-order valence-corrected chi connectivity index (χ2v) is 17.9. The van der Waals surface area contributed by atoms with Crippen LogP contribution in [0.25, 0.3) is 0 Å². The Labute approximate surface area is 74.5 Å². The zero-order chi connectivity index (χ0) is 9.28. The average molecular weight is 263 g/mol. The summed E-state index contributed by atoms with van der Waals surface area (Å²) in [5, 5.41) is 0. The molecule has 2 nitrogen and oxygen atoms in total. The van der Waals surface area contributed by atoms with E-state index in [9.17, 15) is 0 Å². The molecule has 0 heterocycles. The van der Waals surface area contributed by atoms with Crippen molar-refractivity contribution >= 4 is 24.5 Å². The Morgan fingerprint density at radius 1 is 1.18 bits per heavy atom. The summed E-state index contributed by atoms with van der Waals surface area (Å²) in [7, 11) is 0. The first-order valence-corrected chi connectivity index (χ1v) is 13.8. The summed E-state index contributed by atoms with van der Waals surface area (Å²) in [5.41, 5.74) is 5.89. The van der Waals surface area contributed by atoms with E-state index in [0.717, 1.165) is 5.84 Å². The third kappa shape index (κ3) is 5.53. The Morgan fingerprint density at radius 3 is 1.64 bits per heavy atom. The molecule has 0 aromatic rings. The van der Waals surface area contributed by atoms with Crippen LogP contribution in [0.5, 0.6) is 0 Å². The summed E-state index contributed by atoms with van der Waals surface area (Å²) >= 11 is -2.04. The zero-order valence-corrected chi connectivity index (χ0v) is 11.4. The van der Waals surface area contributed by atoms with Crippen molar-refractivity contribution in [3.8, 4) is 0 Å². The van der Waals surface area contributed by atoms with Gasteiger partial charge in [-0.2, -0.15) is 0 Å². The summed E-state index contributed by atoms with van der Waals surface area (Å²) in [5.74, 6) is 0.820. The fourth-order valence-electron chi connectivity index (χ4n) is 0.529. The van der Waals surface area contributed by atoms with Crippen molar-refractivity contribution in [2.45, 2.75) is 35.6 Å². The molecule has 0 saturated carbocycles. The molecule has 0 atom stereocenters. The quantitative estimate of drug-likeness (QED) is 0.439. The summed E-state index contributed by atoms with van der Waals surface area (Å²) < 4.78 is 4.58. The van der Waals surface area contributed by atoms with E-state index in [1.807, 2.05) is 0 Å². The zero-order valence-electron chi connectivity index (χ0n) is 8.52. The Bertz CT molecular complexity index is 160. The molecule has 0 aliphatic heterocycles. The molecule has 0 aromatic heterocycles. The number of hydrogen-bond donors (Lipinski definition) is 1. The standard InChI is InChI=1S/C5H11N2.3CH3.Sn/c1-5(2,3)4(6)7;;;;/h1-3H3,(H2-,6,7);3*1H3;/q-1;;;;+1. The number of nitrogens with two attached hydrogens (primary N) is 1. The topological polar surface area (TPSA) is 38.4 Å². The minimum atomic E-state index is -2.04. The van der Waals surface area contributed by atoms with Crippen molar-refractivity contribution in [2.24, 2.45) is 14.4 Å². The molecule has 0 bridgehead atoms. The predicted octanol–water partition coefficient (Wildman–Crippen LogP) is 2.22.